The van der Waals surface area contributed by atoms with Crippen molar-refractivity contribution in [2.75, 3.05) is 0 Å². The number of rotatable bonds is 6. The van der Waals surface area contributed by atoms with Crippen molar-refractivity contribution < 1.29 is 37.8 Å². The summed E-state index contributed by atoms with van der Waals surface area (Å²) in [5.74, 6) is 0. The maximum Gasteiger partial charge on any atom is -0.159 e. The molecule has 0 amide bonds. The SMILES string of the molecule is CCC[CH2][W+3][CH2]CCC.O=P([O-])([O-])[O-]. The molecule has 0 aliphatic carbocycles. The van der Waals surface area contributed by atoms with Crippen LogP contribution < -0.4 is 14.7 Å². The Morgan fingerprint density at radius 2 is 1.29 bits per heavy atom. The monoisotopic (exact) mass is 393 g/mol. The van der Waals surface area contributed by atoms with Crippen molar-refractivity contribution in [3.8, 4) is 0 Å². The van der Waals surface area contributed by atoms with Gasteiger partial charge in [-0.25, -0.2) is 0 Å². The fourth-order valence-corrected chi connectivity index (χ4v) is 4.87. The summed E-state index contributed by atoms with van der Waals surface area (Å²) in [6.45, 7) is 4.58. The normalized spacial score (nSPS) is 10.1. The zero-order chi connectivity index (χ0) is 11.4. The number of hydrogen-bond donors (Lipinski definition) is 0. The first-order chi connectivity index (χ1) is 6.41. The molecule has 0 atom stereocenters. The molecular weight excluding hydrogens is 375 g/mol. The summed E-state index contributed by atoms with van der Waals surface area (Å²) in [6, 6.07) is 0. The minimum Gasteiger partial charge on any atom is -0.822 e. The molecular formula is C8H18O4PW. The summed E-state index contributed by atoms with van der Waals surface area (Å²) in [4.78, 5) is 28.9. The maximum atomic E-state index is 8.55. The van der Waals surface area contributed by atoms with Crippen LogP contribution in [-0.2, 0) is 23.1 Å². The third-order valence-corrected chi connectivity index (χ3v) is 5.43. The standard InChI is InChI=1S/2C4H9.H3O4P.W/c2*1-3-4-2;1-5(2,3)4;/h2*1,3-4H2,2H3;(H3,1,2,3,4);/q;;;+3/p-3. The van der Waals surface area contributed by atoms with Gasteiger partial charge in [0, 0.05) is 0 Å². The largest absolute Gasteiger partial charge is 0.822 e. The van der Waals surface area contributed by atoms with Gasteiger partial charge in [0.25, 0.3) is 0 Å². The third kappa shape index (κ3) is 38.5. The Morgan fingerprint density at radius 1 is 1.00 bits per heavy atom. The average molecular weight is 393 g/mol. The van der Waals surface area contributed by atoms with Gasteiger partial charge in [0.05, 0.1) is 0 Å². The molecule has 0 N–H and O–H groups in total. The Labute approximate surface area is 94.9 Å². The molecule has 0 saturated carbocycles. The van der Waals surface area contributed by atoms with Crippen molar-refractivity contribution in [3.05, 3.63) is 0 Å². The van der Waals surface area contributed by atoms with E-state index in [0.717, 1.165) is 0 Å². The fraction of sp³-hybridized carbons (Fsp3) is 1.00. The smallest absolute Gasteiger partial charge is 0.159 e. The van der Waals surface area contributed by atoms with Crippen LogP contribution in [0.2, 0.25) is 9.62 Å². The van der Waals surface area contributed by atoms with Gasteiger partial charge in [0.2, 0.25) is 0 Å². The Hall–Kier alpha value is 0.798. The fourth-order valence-electron chi connectivity index (χ4n) is 0.595. The Balaban J connectivity index is 0. The molecule has 0 bridgehead atoms. The molecule has 0 aliphatic rings. The molecule has 4 nitrogen and oxygen atoms in total. The van der Waals surface area contributed by atoms with Crippen molar-refractivity contribution >= 4 is 7.82 Å². The van der Waals surface area contributed by atoms with E-state index in [0.29, 0.717) is 0 Å². The Morgan fingerprint density at radius 3 is 1.50 bits per heavy atom. The molecule has 0 fully saturated rings. The van der Waals surface area contributed by atoms with Gasteiger partial charge in [-0.1, -0.05) is 0 Å². The van der Waals surface area contributed by atoms with E-state index in [1.165, 1.54) is 25.7 Å². The van der Waals surface area contributed by atoms with Gasteiger partial charge in [-0.2, -0.15) is 7.82 Å². The Bertz CT molecular complexity index is 134. The second-order valence-electron chi connectivity index (χ2n) is 2.77. The molecule has 14 heavy (non-hydrogen) atoms. The molecule has 0 aliphatic heterocycles. The number of hydrogen-bond acceptors (Lipinski definition) is 4. The maximum absolute atomic E-state index is 8.55. The van der Waals surface area contributed by atoms with Gasteiger partial charge >= 0.3 is 67.7 Å². The summed E-state index contributed by atoms with van der Waals surface area (Å²) in [5.41, 5.74) is 0. The van der Waals surface area contributed by atoms with Crippen molar-refractivity contribution in [1.29, 1.82) is 0 Å². The van der Waals surface area contributed by atoms with E-state index in [1.54, 1.807) is 9.62 Å². The summed E-state index contributed by atoms with van der Waals surface area (Å²) in [7, 11) is -5.39. The first-order valence-corrected chi connectivity index (χ1v) is 10.3. The molecule has 0 heterocycles. The molecule has 85 valence electrons. The summed E-state index contributed by atoms with van der Waals surface area (Å²) >= 11 is 0.175. The quantitative estimate of drug-likeness (QED) is 0.491. The molecule has 0 unspecified atom stereocenters. The van der Waals surface area contributed by atoms with Gasteiger partial charge < -0.3 is 19.2 Å². The number of phosphoric acid groups is 1. The molecule has 0 spiro atoms. The first kappa shape index (κ1) is 17.2. The Kier molecular flexibility index (Phi) is 14.6. The molecule has 0 aromatic carbocycles. The molecule has 0 radical (unpaired) electrons. The third-order valence-electron chi connectivity index (χ3n) is 1.28. The van der Waals surface area contributed by atoms with Crippen LogP contribution in [0.1, 0.15) is 39.5 Å². The van der Waals surface area contributed by atoms with Gasteiger partial charge in [0.15, 0.2) is 0 Å². The first-order valence-electron chi connectivity index (χ1n) is 4.72. The molecule has 0 aromatic heterocycles. The molecule has 0 saturated heterocycles. The summed E-state index contributed by atoms with van der Waals surface area (Å²) in [6.07, 6.45) is 5.83. The van der Waals surface area contributed by atoms with E-state index in [9.17, 15) is 0 Å². The zero-order valence-electron chi connectivity index (χ0n) is 8.73. The predicted molar refractivity (Wildman–Crippen MR) is 47.0 cm³/mol. The minimum atomic E-state index is -5.39. The predicted octanol–water partition coefficient (Wildman–Crippen LogP) is 0.681. The van der Waals surface area contributed by atoms with Crippen molar-refractivity contribution in [2.45, 2.75) is 49.2 Å². The number of unbranched alkanes of at least 4 members (excludes halogenated alkanes) is 2. The van der Waals surface area contributed by atoms with Crippen LogP contribution in [-0.4, -0.2) is 0 Å². The van der Waals surface area contributed by atoms with Crippen molar-refractivity contribution in [3.63, 3.8) is 0 Å². The van der Waals surface area contributed by atoms with Crippen LogP contribution in [0.25, 0.3) is 0 Å². The second kappa shape index (κ2) is 11.9. The van der Waals surface area contributed by atoms with Crippen LogP contribution in [0.15, 0.2) is 0 Å². The van der Waals surface area contributed by atoms with Crippen LogP contribution in [0.5, 0.6) is 0 Å². The summed E-state index contributed by atoms with van der Waals surface area (Å²) in [5, 5.41) is 0. The van der Waals surface area contributed by atoms with Crippen LogP contribution in [0, 0.1) is 0 Å². The van der Waals surface area contributed by atoms with Gasteiger partial charge in [-0.15, -0.1) is 0 Å². The van der Waals surface area contributed by atoms with E-state index in [-0.39, 0.29) is 18.6 Å². The van der Waals surface area contributed by atoms with Gasteiger partial charge in [-0.05, 0) is 0 Å². The molecule has 6 heteroatoms. The molecule has 0 aromatic rings. The topological polar surface area (TPSA) is 86.2 Å². The van der Waals surface area contributed by atoms with Crippen molar-refractivity contribution in [1.82, 2.24) is 0 Å². The van der Waals surface area contributed by atoms with Crippen LogP contribution >= 0.6 is 7.82 Å². The van der Waals surface area contributed by atoms with Crippen LogP contribution in [0.3, 0.4) is 0 Å². The second-order valence-corrected chi connectivity index (χ2v) is 8.06. The van der Waals surface area contributed by atoms with Gasteiger partial charge in [0.1, 0.15) is 0 Å². The van der Waals surface area contributed by atoms with E-state index < -0.39 is 7.82 Å². The minimum absolute atomic E-state index is 0.175. The van der Waals surface area contributed by atoms with E-state index >= 15 is 0 Å². The average Bonchev–Trinajstić information content (AvgIpc) is 2.01. The summed E-state index contributed by atoms with van der Waals surface area (Å²) < 4.78 is 8.55. The van der Waals surface area contributed by atoms with Crippen molar-refractivity contribution in [2.24, 2.45) is 0 Å². The van der Waals surface area contributed by atoms with Gasteiger partial charge in [-0.3, -0.25) is 0 Å². The van der Waals surface area contributed by atoms with E-state index in [2.05, 4.69) is 13.8 Å². The molecule has 0 rings (SSSR count). The van der Waals surface area contributed by atoms with E-state index in [1.807, 2.05) is 0 Å². The van der Waals surface area contributed by atoms with Crippen LogP contribution in [0.4, 0.5) is 0 Å². The zero-order valence-corrected chi connectivity index (χ0v) is 12.6. The van der Waals surface area contributed by atoms with E-state index in [4.69, 9.17) is 19.2 Å².